The minimum absolute atomic E-state index is 0.0227. The van der Waals surface area contributed by atoms with Crippen molar-refractivity contribution in [2.45, 2.75) is 91.0 Å². The monoisotopic (exact) mass is 598 g/mol. The maximum atomic E-state index is 13.6. The van der Waals surface area contributed by atoms with Gasteiger partial charge >= 0.3 is 0 Å². The first-order chi connectivity index (χ1) is 20.7. The van der Waals surface area contributed by atoms with Gasteiger partial charge in [0.2, 0.25) is 5.91 Å². The van der Waals surface area contributed by atoms with Crippen LogP contribution in [0.2, 0.25) is 0 Å². The Hall–Kier alpha value is -3.37. The fourth-order valence-electron chi connectivity index (χ4n) is 5.33. The number of carbonyl (C=O) groups is 2. The number of unbranched alkanes of at least 4 members (excludes halogenated alkanes) is 1. The predicted molar refractivity (Wildman–Crippen MR) is 178 cm³/mol. The van der Waals surface area contributed by atoms with Crippen LogP contribution < -0.4 is 5.32 Å². The van der Waals surface area contributed by atoms with Gasteiger partial charge < -0.3 is 10.2 Å². The summed E-state index contributed by atoms with van der Waals surface area (Å²) in [4.78, 5) is 38.9. The molecule has 0 saturated carbocycles. The molecule has 2 aliphatic rings. The summed E-state index contributed by atoms with van der Waals surface area (Å²) in [5, 5.41) is 3.09. The SMILES string of the molecule is C#CCC/C=C(\SCC(C)(C)C)C(=O)N[C@@H](Cc1ccc(-c2ncc(C3=CCCCCC3)cn2)cc1)C(=O)N1CCCC1. The van der Waals surface area contributed by atoms with Crippen molar-refractivity contribution in [1.82, 2.24) is 20.2 Å². The number of nitrogens with one attached hydrogen (secondary N) is 1. The molecule has 0 radical (unpaired) electrons. The lowest BCUT2D eigenvalue weighted by atomic mass is 10.0. The lowest BCUT2D eigenvalue weighted by molar-refractivity contribution is -0.134. The number of hydrogen-bond donors (Lipinski definition) is 1. The lowest BCUT2D eigenvalue weighted by Gasteiger charge is -2.25. The molecule has 0 unspecified atom stereocenters. The number of rotatable bonds is 11. The zero-order valence-electron chi connectivity index (χ0n) is 26.0. The number of hydrogen-bond acceptors (Lipinski definition) is 5. The third-order valence-corrected chi connectivity index (χ3v) is 9.41. The van der Waals surface area contributed by atoms with Gasteiger partial charge in [0, 0.05) is 55.2 Å². The van der Waals surface area contributed by atoms with E-state index < -0.39 is 6.04 Å². The first kappa shape index (κ1) is 32.5. The largest absolute Gasteiger partial charge is 0.341 e. The molecule has 1 N–H and O–H groups in total. The van der Waals surface area contributed by atoms with Crippen molar-refractivity contribution in [2.24, 2.45) is 5.41 Å². The molecule has 1 aliphatic carbocycles. The number of terminal acetylenes is 1. The zero-order valence-corrected chi connectivity index (χ0v) is 26.8. The molecule has 1 fully saturated rings. The van der Waals surface area contributed by atoms with Gasteiger partial charge in [0.05, 0.1) is 4.91 Å². The van der Waals surface area contributed by atoms with E-state index in [0.717, 1.165) is 61.2 Å². The Morgan fingerprint density at radius 1 is 1.05 bits per heavy atom. The number of carbonyl (C=O) groups excluding carboxylic acids is 2. The molecule has 2 aromatic rings. The molecular formula is C36H46N4O2S. The highest BCUT2D eigenvalue weighted by atomic mass is 32.2. The van der Waals surface area contributed by atoms with Crippen LogP contribution in [0.3, 0.4) is 0 Å². The van der Waals surface area contributed by atoms with Crippen LogP contribution in [0.1, 0.15) is 89.7 Å². The van der Waals surface area contributed by atoms with E-state index >= 15 is 0 Å². The molecule has 2 amide bonds. The Morgan fingerprint density at radius 3 is 2.44 bits per heavy atom. The third kappa shape index (κ3) is 10.1. The summed E-state index contributed by atoms with van der Waals surface area (Å²) in [5.41, 5.74) is 4.41. The van der Waals surface area contributed by atoms with E-state index in [1.165, 1.54) is 36.6 Å². The number of allylic oxidation sites excluding steroid dienone is 3. The molecule has 1 aliphatic heterocycles. The van der Waals surface area contributed by atoms with E-state index in [1.807, 2.05) is 47.6 Å². The Morgan fingerprint density at radius 2 is 1.77 bits per heavy atom. The smallest absolute Gasteiger partial charge is 0.258 e. The highest BCUT2D eigenvalue weighted by Crippen LogP contribution is 2.28. The van der Waals surface area contributed by atoms with E-state index in [-0.39, 0.29) is 17.2 Å². The second kappa shape index (κ2) is 15.9. The summed E-state index contributed by atoms with van der Waals surface area (Å²) in [6.07, 6.45) is 23.1. The molecule has 1 saturated heterocycles. The van der Waals surface area contributed by atoms with Crippen molar-refractivity contribution >= 4 is 29.1 Å². The molecule has 7 heteroatoms. The molecule has 0 bridgehead atoms. The van der Waals surface area contributed by atoms with Crippen LogP contribution in [0, 0.1) is 17.8 Å². The molecule has 4 rings (SSSR count). The van der Waals surface area contributed by atoms with Gasteiger partial charge in [0.1, 0.15) is 6.04 Å². The molecule has 228 valence electrons. The molecule has 1 aromatic carbocycles. The second-order valence-electron chi connectivity index (χ2n) is 12.7. The fourth-order valence-corrected chi connectivity index (χ4v) is 6.35. The standard InChI is InChI=1S/C36H46N4O2S/c1-5-6-9-16-32(43-26-36(2,3)4)34(41)39-31(35(42)40-21-12-13-22-40)23-27-17-19-29(20-18-27)33-37-24-30(25-38-33)28-14-10-7-8-11-15-28/h1,14,16-20,24-25,31H,6-13,15,21-23,26H2,2-4H3,(H,39,41)/b32-16-/t31-/m0/s1. The van der Waals surface area contributed by atoms with Gasteiger partial charge in [-0.15, -0.1) is 24.1 Å². The summed E-state index contributed by atoms with van der Waals surface area (Å²) < 4.78 is 0. The van der Waals surface area contributed by atoms with E-state index in [0.29, 0.717) is 30.0 Å². The van der Waals surface area contributed by atoms with Crippen molar-refractivity contribution in [3.63, 3.8) is 0 Å². The van der Waals surface area contributed by atoms with E-state index in [9.17, 15) is 9.59 Å². The van der Waals surface area contributed by atoms with Gasteiger partial charge in [-0.05, 0) is 61.5 Å². The maximum absolute atomic E-state index is 13.6. The molecule has 1 atom stereocenters. The molecular weight excluding hydrogens is 552 g/mol. The third-order valence-electron chi connectivity index (χ3n) is 7.74. The highest BCUT2D eigenvalue weighted by Gasteiger charge is 2.29. The van der Waals surface area contributed by atoms with Crippen LogP contribution >= 0.6 is 11.8 Å². The zero-order chi connectivity index (χ0) is 30.7. The summed E-state index contributed by atoms with van der Waals surface area (Å²) in [5.74, 6) is 3.88. The van der Waals surface area contributed by atoms with Gasteiger partial charge in [-0.25, -0.2) is 9.97 Å². The highest BCUT2D eigenvalue weighted by molar-refractivity contribution is 8.04. The van der Waals surface area contributed by atoms with E-state index in [2.05, 4.69) is 48.1 Å². The van der Waals surface area contributed by atoms with Crippen LogP contribution in [0.5, 0.6) is 0 Å². The van der Waals surface area contributed by atoms with Crippen molar-refractivity contribution in [2.75, 3.05) is 18.8 Å². The Bertz CT molecular complexity index is 1330. The van der Waals surface area contributed by atoms with Crippen LogP contribution in [0.25, 0.3) is 17.0 Å². The summed E-state index contributed by atoms with van der Waals surface area (Å²) in [6, 6.07) is 7.37. The van der Waals surface area contributed by atoms with Crippen LogP contribution in [0.4, 0.5) is 0 Å². The van der Waals surface area contributed by atoms with Crippen LogP contribution in [0.15, 0.2) is 53.7 Å². The van der Waals surface area contributed by atoms with Crippen LogP contribution in [-0.2, 0) is 16.0 Å². The number of thioether (sulfide) groups is 1. The maximum Gasteiger partial charge on any atom is 0.258 e. The number of nitrogens with zero attached hydrogens (tertiary/aromatic N) is 3. The van der Waals surface area contributed by atoms with E-state index in [4.69, 9.17) is 6.42 Å². The van der Waals surface area contributed by atoms with Gasteiger partial charge in [-0.2, -0.15) is 0 Å². The lowest BCUT2D eigenvalue weighted by Crippen LogP contribution is -2.49. The summed E-state index contributed by atoms with van der Waals surface area (Å²) in [7, 11) is 0. The molecule has 0 spiro atoms. The summed E-state index contributed by atoms with van der Waals surface area (Å²) in [6.45, 7) is 7.91. The predicted octanol–water partition coefficient (Wildman–Crippen LogP) is 7.22. The Labute approximate surface area is 262 Å². The van der Waals surface area contributed by atoms with Crippen LogP contribution in [-0.4, -0.2) is 51.6 Å². The number of likely N-dealkylation sites (tertiary alicyclic amines) is 1. The van der Waals surface area contributed by atoms with Gasteiger partial charge in [0.25, 0.3) is 5.91 Å². The quantitative estimate of drug-likeness (QED) is 0.168. The van der Waals surface area contributed by atoms with Crippen molar-refractivity contribution in [1.29, 1.82) is 0 Å². The topological polar surface area (TPSA) is 75.2 Å². The van der Waals surface area contributed by atoms with Gasteiger partial charge in [-0.3, -0.25) is 9.59 Å². The average molecular weight is 599 g/mol. The first-order valence-corrected chi connectivity index (χ1v) is 16.7. The summed E-state index contributed by atoms with van der Waals surface area (Å²) >= 11 is 1.53. The number of aromatic nitrogens is 2. The van der Waals surface area contributed by atoms with Gasteiger partial charge in [0.15, 0.2) is 5.82 Å². The van der Waals surface area contributed by atoms with E-state index in [1.54, 1.807) is 0 Å². The minimum atomic E-state index is -0.647. The van der Waals surface area contributed by atoms with Gasteiger partial charge in [-0.1, -0.05) is 63.6 Å². The number of amides is 2. The molecule has 6 nitrogen and oxygen atoms in total. The fraction of sp³-hybridized carbons (Fsp3) is 0.500. The molecule has 1 aromatic heterocycles. The molecule has 2 heterocycles. The second-order valence-corrected chi connectivity index (χ2v) is 13.8. The molecule has 43 heavy (non-hydrogen) atoms. The average Bonchev–Trinajstić information content (AvgIpc) is 3.40. The van der Waals surface area contributed by atoms with Crippen molar-refractivity contribution in [3.05, 3.63) is 64.8 Å². The normalized spacial score (nSPS) is 16.7. The van der Waals surface area contributed by atoms with Crippen molar-refractivity contribution in [3.8, 4) is 23.7 Å². The Balaban J connectivity index is 1.48. The Kier molecular flexibility index (Phi) is 12.0. The number of benzene rings is 1. The first-order valence-electron chi connectivity index (χ1n) is 15.7. The van der Waals surface area contributed by atoms with Crippen molar-refractivity contribution < 1.29 is 9.59 Å². The minimum Gasteiger partial charge on any atom is -0.341 e.